The van der Waals surface area contributed by atoms with Gasteiger partial charge in [-0.2, -0.15) is 4.68 Å². The summed E-state index contributed by atoms with van der Waals surface area (Å²) in [4.78, 5) is 0. The van der Waals surface area contributed by atoms with Crippen molar-refractivity contribution in [1.82, 2.24) is 20.2 Å². The van der Waals surface area contributed by atoms with E-state index in [0.717, 1.165) is 16.8 Å². The number of allylic oxidation sites excluding steroid dienone is 1. The first-order valence-corrected chi connectivity index (χ1v) is 7.84. The Morgan fingerprint density at radius 3 is 2.56 bits per heavy atom. The first-order valence-electron chi connectivity index (χ1n) is 7.84. The molecule has 1 aliphatic heterocycles. The highest BCUT2D eigenvalue weighted by molar-refractivity contribution is 5.78. The summed E-state index contributed by atoms with van der Waals surface area (Å²) in [5.41, 5.74) is 2.99. The van der Waals surface area contributed by atoms with Gasteiger partial charge in [0.1, 0.15) is 6.04 Å². The highest BCUT2D eigenvalue weighted by atomic mass is 16.5. The van der Waals surface area contributed by atoms with Gasteiger partial charge in [0.05, 0.1) is 14.2 Å². The monoisotopic (exact) mass is 335 g/mol. The van der Waals surface area contributed by atoms with Crippen LogP contribution < -0.4 is 14.8 Å². The first-order chi connectivity index (χ1) is 12.3. The van der Waals surface area contributed by atoms with Crippen LogP contribution in [0, 0.1) is 0 Å². The van der Waals surface area contributed by atoms with E-state index in [9.17, 15) is 0 Å². The van der Waals surface area contributed by atoms with E-state index >= 15 is 0 Å². The van der Waals surface area contributed by atoms with Crippen molar-refractivity contribution < 1.29 is 9.47 Å². The Kier molecular flexibility index (Phi) is 3.81. The lowest BCUT2D eigenvalue weighted by molar-refractivity contribution is 0.355. The molecule has 0 radical (unpaired) electrons. The van der Waals surface area contributed by atoms with Gasteiger partial charge in [0, 0.05) is 11.3 Å². The number of benzene rings is 2. The van der Waals surface area contributed by atoms with E-state index in [2.05, 4.69) is 39.1 Å². The molecule has 0 saturated carbocycles. The van der Waals surface area contributed by atoms with Crippen LogP contribution in [0.5, 0.6) is 11.5 Å². The molecule has 3 aromatic rings. The van der Waals surface area contributed by atoms with Crippen molar-refractivity contribution in [1.29, 1.82) is 0 Å². The fraction of sp³-hybridized carbons (Fsp3) is 0.167. The molecule has 2 aromatic carbocycles. The molecule has 25 heavy (non-hydrogen) atoms. The standard InChI is InChI=1S/C18H17N5O2/c1-24-16-9-8-13(10-17(16)25-2)14-11-15(12-6-4-3-5-7-12)23-18(19-14)20-21-22-23/h3-11,15H,1-2H3,(H,19,20,22)/t15-/m0/s1. The van der Waals surface area contributed by atoms with Crippen LogP contribution in [0.15, 0.2) is 54.6 Å². The molecule has 0 bridgehead atoms. The largest absolute Gasteiger partial charge is 0.493 e. The van der Waals surface area contributed by atoms with Gasteiger partial charge in [-0.3, -0.25) is 0 Å². The number of nitrogens with zero attached hydrogens (tertiary/aromatic N) is 4. The molecule has 1 N–H and O–H groups in total. The third-order valence-corrected chi connectivity index (χ3v) is 4.16. The minimum Gasteiger partial charge on any atom is -0.493 e. The Balaban J connectivity index is 1.79. The Hall–Kier alpha value is -3.35. The van der Waals surface area contributed by atoms with Crippen LogP contribution >= 0.6 is 0 Å². The summed E-state index contributed by atoms with van der Waals surface area (Å²) in [6.07, 6.45) is 2.10. The molecule has 7 nitrogen and oxygen atoms in total. The second-order valence-electron chi connectivity index (χ2n) is 5.58. The molecule has 0 fully saturated rings. The second kappa shape index (κ2) is 6.27. The molecule has 126 valence electrons. The molecule has 0 spiro atoms. The van der Waals surface area contributed by atoms with Crippen molar-refractivity contribution >= 4 is 11.6 Å². The normalized spacial score (nSPS) is 15.8. The average Bonchev–Trinajstić information content (AvgIpc) is 3.16. The predicted octanol–water partition coefficient (Wildman–Crippen LogP) is 2.75. The quantitative estimate of drug-likeness (QED) is 0.790. The maximum Gasteiger partial charge on any atom is 0.248 e. The fourth-order valence-corrected chi connectivity index (χ4v) is 2.91. The summed E-state index contributed by atoms with van der Waals surface area (Å²) >= 11 is 0. The average molecular weight is 335 g/mol. The predicted molar refractivity (Wildman–Crippen MR) is 93.5 cm³/mol. The maximum absolute atomic E-state index is 5.41. The number of rotatable bonds is 4. The highest BCUT2D eigenvalue weighted by Gasteiger charge is 2.24. The summed E-state index contributed by atoms with van der Waals surface area (Å²) in [7, 11) is 3.24. The van der Waals surface area contributed by atoms with Crippen molar-refractivity contribution in [3.8, 4) is 11.5 Å². The lowest BCUT2D eigenvalue weighted by Gasteiger charge is -2.23. The molecule has 4 rings (SSSR count). The molecule has 1 aromatic heterocycles. The molecule has 0 saturated heterocycles. The summed E-state index contributed by atoms with van der Waals surface area (Å²) < 4.78 is 12.5. The van der Waals surface area contributed by atoms with Crippen LogP contribution in [0.25, 0.3) is 5.70 Å². The number of hydrogen-bond donors (Lipinski definition) is 1. The number of ether oxygens (including phenoxy) is 2. The Morgan fingerprint density at radius 2 is 1.80 bits per heavy atom. The van der Waals surface area contributed by atoms with Gasteiger partial charge in [-0.15, -0.1) is 0 Å². The first kappa shape index (κ1) is 15.2. The number of aromatic nitrogens is 4. The molecule has 1 aliphatic rings. The zero-order valence-corrected chi connectivity index (χ0v) is 13.9. The van der Waals surface area contributed by atoms with Gasteiger partial charge >= 0.3 is 0 Å². The van der Waals surface area contributed by atoms with Gasteiger partial charge < -0.3 is 14.8 Å². The van der Waals surface area contributed by atoms with Crippen molar-refractivity contribution in [2.75, 3.05) is 19.5 Å². The maximum atomic E-state index is 5.41. The van der Waals surface area contributed by atoms with E-state index in [4.69, 9.17) is 9.47 Å². The SMILES string of the molecule is COc1ccc(C2=C[C@@H](c3ccccc3)n3nnnc3N2)cc1OC. The fourth-order valence-electron chi connectivity index (χ4n) is 2.91. The number of hydrogen-bond acceptors (Lipinski definition) is 6. The van der Waals surface area contributed by atoms with Crippen LogP contribution in [0.2, 0.25) is 0 Å². The second-order valence-corrected chi connectivity index (χ2v) is 5.58. The van der Waals surface area contributed by atoms with Gasteiger partial charge in [-0.1, -0.05) is 35.4 Å². The zero-order valence-electron chi connectivity index (χ0n) is 13.9. The Labute approximate surface area is 144 Å². The van der Waals surface area contributed by atoms with Gasteiger partial charge in [-0.25, -0.2) is 0 Å². The molecule has 2 heterocycles. The number of fused-ring (bicyclic) bond motifs is 1. The van der Waals surface area contributed by atoms with Crippen LogP contribution in [0.4, 0.5) is 5.95 Å². The van der Waals surface area contributed by atoms with Crippen molar-refractivity contribution in [3.63, 3.8) is 0 Å². The highest BCUT2D eigenvalue weighted by Crippen LogP contribution is 2.35. The lowest BCUT2D eigenvalue weighted by atomic mass is 10.0. The van der Waals surface area contributed by atoms with Crippen LogP contribution in [0.1, 0.15) is 17.2 Å². The van der Waals surface area contributed by atoms with Gasteiger partial charge in [0.25, 0.3) is 0 Å². The summed E-state index contributed by atoms with van der Waals surface area (Å²) in [6.45, 7) is 0. The van der Waals surface area contributed by atoms with Gasteiger partial charge in [0.15, 0.2) is 11.5 Å². The van der Waals surface area contributed by atoms with E-state index in [-0.39, 0.29) is 6.04 Å². The van der Waals surface area contributed by atoms with Crippen molar-refractivity contribution in [2.24, 2.45) is 0 Å². The third-order valence-electron chi connectivity index (χ3n) is 4.16. The van der Waals surface area contributed by atoms with Crippen LogP contribution in [0.3, 0.4) is 0 Å². The number of nitrogens with one attached hydrogen (secondary N) is 1. The summed E-state index contributed by atoms with van der Waals surface area (Å²) in [5.74, 6) is 1.96. The number of anilines is 1. The lowest BCUT2D eigenvalue weighted by Crippen LogP contribution is -2.20. The van der Waals surface area contributed by atoms with E-state index in [1.54, 1.807) is 18.9 Å². The summed E-state index contributed by atoms with van der Waals surface area (Å²) in [5, 5.41) is 15.3. The molecule has 0 amide bonds. The van der Waals surface area contributed by atoms with Crippen molar-refractivity contribution in [3.05, 3.63) is 65.7 Å². The smallest absolute Gasteiger partial charge is 0.248 e. The summed E-state index contributed by atoms with van der Waals surface area (Å²) in [6, 6.07) is 15.8. The molecular formula is C18H17N5O2. The molecule has 0 unspecified atom stereocenters. The zero-order chi connectivity index (χ0) is 17.2. The molecule has 0 aliphatic carbocycles. The minimum absolute atomic E-state index is 0.0875. The van der Waals surface area contributed by atoms with Gasteiger partial charge in [0.2, 0.25) is 5.95 Å². The Bertz CT molecular complexity index is 920. The van der Waals surface area contributed by atoms with E-state index in [1.807, 2.05) is 36.4 Å². The topological polar surface area (TPSA) is 74.1 Å². The number of methoxy groups -OCH3 is 2. The van der Waals surface area contributed by atoms with E-state index < -0.39 is 0 Å². The molecule has 7 heteroatoms. The van der Waals surface area contributed by atoms with Crippen LogP contribution in [-0.2, 0) is 0 Å². The molecule has 1 atom stereocenters. The van der Waals surface area contributed by atoms with Crippen molar-refractivity contribution in [2.45, 2.75) is 6.04 Å². The van der Waals surface area contributed by atoms with E-state index in [0.29, 0.717) is 17.4 Å². The van der Waals surface area contributed by atoms with E-state index in [1.165, 1.54) is 0 Å². The minimum atomic E-state index is -0.0875. The Morgan fingerprint density at radius 1 is 1.00 bits per heavy atom. The third kappa shape index (κ3) is 2.69. The van der Waals surface area contributed by atoms with Gasteiger partial charge in [-0.05, 0) is 40.3 Å². The molecular weight excluding hydrogens is 318 g/mol. The number of tetrazole rings is 1. The van der Waals surface area contributed by atoms with Crippen LogP contribution in [-0.4, -0.2) is 34.4 Å².